The Labute approximate surface area is 185 Å². The molecule has 0 saturated carbocycles. The minimum absolute atomic E-state index is 0.171. The third-order valence-electron chi connectivity index (χ3n) is 4.18. The molecule has 30 heavy (non-hydrogen) atoms. The van der Waals surface area contributed by atoms with Crippen molar-refractivity contribution in [3.63, 3.8) is 0 Å². The summed E-state index contributed by atoms with van der Waals surface area (Å²) in [4.78, 5) is 26.9. The van der Waals surface area contributed by atoms with Crippen LogP contribution in [0.3, 0.4) is 0 Å². The van der Waals surface area contributed by atoms with Crippen LogP contribution in [0.2, 0.25) is 0 Å². The molecular weight excluding hydrogens is 420 g/mol. The number of aliphatic hydroxyl groups is 2. The lowest BCUT2D eigenvalue weighted by Crippen LogP contribution is -2.46. The van der Waals surface area contributed by atoms with Crippen LogP contribution in [0.25, 0.3) is 0 Å². The van der Waals surface area contributed by atoms with E-state index < -0.39 is 11.1 Å². The average molecular weight is 449 g/mol. The van der Waals surface area contributed by atoms with E-state index in [9.17, 15) is 19.8 Å². The molecule has 2 aromatic carbocycles. The number of hydrogen-bond donors (Lipinski definition) is 4. The van der Waals surface area contributed by atoms with Gasteiger partial charge in [0.05, 0.1) is 35.4 Å². The first-order chi connectivity index (χ1) is 14.1. The highest BCUT2D eigenvalue weighted by Gasteiger charge is 2.23. The maximum absolute atomic E-state index is 12.7. The van der Waals surface area contributed by atoms with Gasteiger partial charge in [0, 0.05) is 9.79 Å². The molecule has 2 rings (SSSR count). The molecule has 0 aromatic heterocycles. The molecule has 0 atom stereocenters. The van der Waals surface area contributed by atoms with E-state index in [0.717, 1.165) is 9.79 Å². The highest BCUT2D eigenvalue weighted by Crippen LogP contribution is 2.40. The van der Waals surface area contributed by atoms with Crippen molar-refractivity contribution in [2.45, 2.75) is 48.6 Å². The number of carbonyl (C=O) groups is 2. The molecule has 0 unspecified atom stereocenters. The van der Waals surface area contributed by atoms with E-state index in [1.807, 2.05) is 24.3 Å². The smallest absolute Gasteiger partial charge is 0.252 e. The van der Waals surface area contributed by atoms with Gasteiger partial charge in [-0.1, -0.05) is 45.9 Å². The van der Waals surface area contributed by atoms with Crippen LogP contribution in [-0.2, 0) is 0 Å². The highest BCUT2D eigenvalue weighted by atomic mass is 33.1. The molecule has 2 amide bonds. The van der Waals surface area contributed by atoms with Gasteiger partial charge in [-0.2, -0.15) is 0 Å². The summed E-state index contributed by atoms with van der Waals surface area (Å²) in [6.07, 6.45) is 0. The summed E-state index contributed by atoms with van der Waals surface area (Å²) in [6.45, 7) is 6.65. The van der Waals surface area contributed by atoms with Crippen molar-refractivity contribution in [3.8, 4) is 0 Å². The minimum atomic E-state index is -0.730. The molecule has 162 valence electrons. The van der Waals surface area contributed by atoms with Crippen LogP contribution in [0.5, 0.6) is 0 Å². The van der Waals surface area contributed by atoms with Crippen molar-refractivity contribution in [2.75, 3.05) is 13.2 Å². The lowest BCUT2D eigenvalue weighted by molar-refractivity contribution is 0.0858. The number of amides is 2. The Hall–Kier alpha value is -2.00. The standard InChI is InChI=1S/C22H28N2O4S2/c1-21(2,13-25)23-19(27)15-9-5-7-11-17(15)29-30-18-12-8-6-10-16(18)20(28)24-22(3,4)14-26/h5-12,25-26H,13-14H2,1-4H3,(H,23,27)(H,24,28). The predicted molar refractivity (Wildman–Crippen MR) is 122 cm³/mol. The lowest BCUT2D eigenvalue weighted by Gasteiger charge is -2.24. The number of nitrogens with one attached hydrogen (secondary N) is 2. The van der Waals surface area contributed by atoms with Gasteiger partial charge in [0.15, 0.2) is 0 Å². The van der Waals surface area contributed by atoms with Crippen molar-refractivity contribution in [1.29, 1.82) is 0 Å². The number of rotatable bonds is 9. The van der Waals surface area contributed by atoms with Gasteiger partial charge in [0.1, 0.15) is 0 Å². The van der Waals surface area contributed by atoms with Gasteiger partial charge in [0.25, 0.3) is 11.8 Å². The molecule has 0 aliphatic rings. The fourth-order valence-electron chi connectivity index (χ4n) is 2.37. The Kier molecular flexibility index (Phi) is 8.37. The summed E-state index contributed by atoms with van der Waals surface area (Å²) in [5.41, 5.74) is -0.460. The van der Waals surface area contributed by atoms with E-state index in [1.54, 1.807) is 52.0 Å². The second kappa shape index (κ2) is 10.3. The van der Waals surface area contributed by atoms with Crippen LogP contribution in [0.1, 0.15) is 48.4 Å². The molecule has 0 heterocycles. The van der Waals surface area contributed by atoms with Gasteiger partial charge in [0.2, 0.25) is 0 Å². The number of aliphatic hydroxyl groups excluding tert-OH is 2. The molecule has 4 N–H and O–H groups in total. The van der Waals surface area contributed by atoms with Crippen molar-refractivity contribution < 1.29 is 19.8 Å². The largest absolute Gasteiger partial charge is 0.394 e. The summed E-state index contributed by atoms with van der Waals surface area (Å²) < 4.78 is 0. The van der Waals surface area contributed by atoms with Crippen molar-refractivity contribution >= 4 is 33.4 Å². The van der Waals surface area contributed by atoms with Crippen LogP contribution >= 0.6 is 21.6 Å². The fourth-order valence-corrected chi connectivity index (χ4v) is 4.73. The number of hydrogen-bond acceptors (Lipinski definition) is 6. The zero-order valence-electron chi connectivity index (χ0n) is 17.6. The summed E-state index contributed by atoms with van der Waals surface area (Å²) in [7, 11) is 2.76. The van der Waals surface area contributed by atoms with Gasteiger partial charge < -0.3 is 20.8 Å². The fraction of sp³-hybridized carbons (Fsp3) is 0.364. The van der Waals surface area contributed by atoms with Crippen LogP contribution in [-0.4, -0.2) is 46.3 Å². The van der Waals surface area contributed by atoms with E-state index in [0.29, 0.717) is 11.1 Å². The van der Waals surface area contributed by atoms with Crippen LogP contribution in [0.4, 0.5) is 0 Å². The first-order valence-electron chi connectivity index (χ1n) is 9.48. The summed E-state index contributed by atoms with van der Waals surface area (Å²) >= 11 is 0. The van der Waals surface area contributed by atoms with Crippen molar-refractivity contribution in [1.82, 2.24) is 10.6 Å². The minimum Gasteiger partial charge on any atom is -0.394 e. The first-order valence-corrected chi connectivity index (χ1v) is 11.6. The topological polar surface area (TPSA) is 98.7 Å². The van der Waals surface area contributed by atoms with Crippen molar-refractivity contribution in [3.05, 3.63) is 59.7 Å². The quantitative estimate of drug-likeness (QED) is 0.439. The van der Waals surface area contributed by atoms with Gasteiger partial charge in [-0.15, -0.1) is 0 Å². The van der Waals surface area contributed by atoms with Gasteiger partial charge in [-0.25, -0.2) is 0 Å². The first kappa shape index (κ1) is 24.3. The Bertz CT molecular complexity index is 827. The Morgan fingerprint density at radius 2 is 1.07 bits per heavy atom. The molecule has 0 fully saturated rings. The summed E-state index contributed by atoms with van der Waals surface area (Å²) in [6, 6.07) is 14.4. The van der Waals surface area contributed by atoms with E-state index in [1.165, 1.54) is 21.6 Å². The molecule has 0 radical (unpaired) electrons. The number of benzene rings is 2. The molecule has 8 heteroatoms. The zero-order valence-corrected chi connectivity index (χ0v) is 19.2. The SMILES string of the molecule is CC(C)(CO)NC(=O)c1ccccc1SSc1ccccc1C(=O)NC(C)(C)CO. The Balaban J connectivity index is 2.20. The van der Waals surface area contributed by atoms with Gasteiger partial charge in [-0.05, 0) is 52.0 Å². The van der Waals surface area contributed by atoms with Crippen LogP contribution in [0, 0.1) is 0 Å². The van der Waals surface area contributed by atoms with E-state index in [2.05, 4.69) is 10.6 Å². The van der Waals surface area contributed by atoms with Gasteiger partial charge in [-0.3, -0.25) is 9.59 Å². The second-order valence-electron chi connectivity index (χ2n) is 8.15. The van der Waals surface area contributed by atoms with Gasteiger partial charge >= 0.3 is 0 Å². The molecule has 0 aliphatic heterocycles. The third-order valence-corrected chi connectivity index (χ3v) is 6.66. The molecule has 0 spiro atoms. The normalized spacial score (nSPS) is 11.8. The lowest BCUT2D eigenvalue weighted by atomic mass is 10.1. The maximum atomic E-state index is 12.7. The van der Waals surface area contributed by atoms with Crippen LogP contribution in [0.15, 0.2) is 58.3 Å². The summed E-state index contributed by atoms with van der Waals surface area (Å²) in [5.74, 6) is -0.540. The molecule has 0 bridgehead atoms. The molecule has 6 nitrogen and oxygen atoms in total. The highest BCUT2D eigenvalue weighted by molar-refractivity contribution is 8.76. The number of carbonyl (C=O) groups excluding carboxylic acids is 2. The predicted octanol–water partition coefficient (Wildman–Crippen LogP) is 3.49. The molecular formula is C22H28N2O4S2. The van der Waals surface area contributed by atoms with E-state index in [-0.39, 0.29) is 25.0 Å². The van der Waals surface area contributed by atoms with Crippen molar-refractivity contribution in [2.24, 2.45) is 0 Å². The monoisotopic (exact) mass is 448 g/mol. The average Bonchev–Trinajstić information content (AvgIpc) is 2.72. The molecule has 0 aliphatic carbocycles. The summed E-state index contributed by atoms with van der Waals surface area (Å²) in [5, 5.41) is 24.5. The maximum Gasteiger partial charge on any atom is 0.252 e. The van der Waals surface area contributed by atoms with E-state index in [4.69, 9.17) is 0 Å². The zero-order chi connectivity index (χ0) is 22.4. The van der Waals surface area contributed by atoms with E-state index >= 15 is 0 Å². The van der Waals surface area contributed by atoms with Crippen LogP contribution < -0.4 is 10.6 Å². The molecule has 0 saturated heterocycles. The third kappa shape index (κ3) is 6.77. The Morgan fingerprint density at radius 3 is 1.40 bits per heavy atom. The second-order valence-corrected chi connectivity index (χ2v) is 10.4. The Morgan fingerprint density at radius 1 is 0.733 bits per heavy atom. The molecule has 2 aromatic rings.